The van der Waals surface area contributed by atoms with E-state index in [4.69, 9.17) is 46.4 Å². The quantitative estimate of drug-likeness (QED) is 0.293. The van der Waals surface area contributed by atoms with Crippen molar-refractivity contribution >= 4 is 69.9 Å². The first-order valence-electron chi connectivity index (χ1n) is 10.5. The zero-order valence-corrected chi connectivity index (χ0v) is 20.4. The molecule has 2 fully saturated rings. The molecule has 1 aliphatic heterocycles. The number of ketones is 1. The van der Waals surface area contributed by atoms with Gasteiger partial charge in [0.15, 0.2) is 5.78 Å². The Kier molecular flexibility index (Phi) is 5.97. The van der Waals surface area contributed by atoms with Crippen LogP contribution in [0.5, 0.6) is 0 Å². The lowest BCUT2D eigenvalue weighted by Gasteiger charge is -2.31. The second-order valence-corrected chi connectivity index (χ2v) is 10.2. The summed E-state index contributed by atoms with van der Waals surface area (Å²) < 4.78 is 0. The van der Waals surface area contributed by atoms with E-state index in [0.29, 0.717) is 5.02 Å². The second kappa shape index (κ2) is 8.68. The monoisotopic (exact) mass is 536 g/mol. The van der Waals surface area contributed by atoms with Gasteiger partial charge in [0.2, 0.25) is 0 Å². The number of nitrogens with zero attached hydrogens (tertiary/aromatic N) is 2. The van der Waals surface area contributed by atoms with Gasteiger partial charge in [-0.2, -0.15) is 5.01 Å². The van der Waals surface area contributed by atoms with Crippen LogP contribution in [0.4, 0.5) is 0 Å². The summed E-state index contributed by atoms with van der Waals surface area (Å²) in [4.78, 5) is 53.5. The summed E-state index contributed by atoms with van der Waals surface area (Å²) in [6.45, 7) is -0.583. The number of hydrogen-bond donors (Lipinski definition) is 0. The Morgan fingerprint density at radius 2 is 1.50 bits per heavy atom. The van der Waals surface area contributed by atoms with Crippen molar-refractivity contribution in [1.82, 2.24) is 10.0 Å². The molecule has 5 rings (SSSR count). The molecule has 10 heteroatoms. The Hall–Kier alpha value is -2.38. The van der Waals surface area contributed by atoms with Gasteiger partial charge in [-0.1, -0.05) is 58.6 Å². The van der Waals surface area contributed by atoms with Crippen LogP contribution in [0.25, 0.3) is 0 Å². The molecule has 1 saturated carbocycles. The van der Waals surface area contributed by atoms with Gasteiger partial charge in [0, 0.05) is 16.1 Å². The molecule has 3 aliphatic rings. The molecule has 0 aromatic heterocycles. The summed E-state index contributed by atoms with van der Waals surface area (Å²) in [5.41, 5.74) is 0.183. The Balaban J connectivity index is 1.52. The van der Waals surface area contributed by atoms with E-state index < -0.39 is 41.9 Å². The van der Waals surface area contributed by atoms with Crippen molar-refractivity contribution < 1.29 is 19.2 Å². The van der Waals surface area contributed by atoms with Gasteiger partial charge in [-0.05, 0) is 54.7 Å². The molecule has 6 nitrogen and oxygen atoms in total. The molecule has 174 valence electrons. The molecule has 2 aromatic carbocycles. The highest BCUT2D eigenvalue weighted by Crippen LogP contribution is 2.52. The van der Waals surface area contributed by atoms with E-state index in [1.807, 2.05) is 12.2 Å². The molecule has 3 amide bonds. The number of Topliss-reactive ketones (excluding diaryl/α,β-unsaturated/α-hetero) is 1. The SMILES string of the molecule is O=C(CN(C(=O)c1ccc(Cl)c(Cl)c1)N1C(=O)[C@H]2[C@H](C1=O)[C@H]1C=C[C@H]2C1)c1ccc(Cl)cc1Cl. The summed E-state index contributed by atoms with van der Waals surface area (Å²) >= 11 is 24.2. The van der Waals surface area contributed by atoms with Crippen molar-refractivity contribution in [2.75, 3.05) is 6.54 Å². The third-order valence-electron chi connectivity index (χ3n) is 6.61. The van der Waals surface area contributed by atoms with E-state index in [-0.39, 0.29) is 38.0 Å². The van der Waals surface area contributed by atoms with Crippen LogP contribution in [0.2, 0.25) is 20.1 Å². The van der Waals surface area contributed by atoms with Crippen LogP contribution in [-0.2, 0) is 9.59 Å². The van der Waals surface area contributed by atoms with Gasteiger partial charge in [-0.15, -0.1) is 0 Å². The second-order valence-electron chi connectivity index (χ2n) is 8.53. The summed E-state index contributed by atoms with van der Waals surface area (Å²) in [7, 11) is 0. The van der Waals surface area contributed by atoms with Crippen molar-refractivity contribution in [2.45, 2.75) is 6.42 Å². The lowest BCUT2D eigenvalue weighted by Crippen LogP contribution is -2.52. The average Bonchev–Trinajstić information content (AvgIpc) is 3.47. The maximum Gasteiger partial charge on any atom is 0.273 e. The number of amides is 3. The normalized spacial score (nSPS) is 24.6. The molecule has 0 N–H and O–H groups in total. The Morgan fingerprint density at radius 3 is 2.09 bits per heavy atom. The number of hydrazine groups is 1. The zero-order valence-electron chi connectivity index (χ0n) is 17.4. The molecular weight excluding hydrogens is 522 g/mol. The number of imide groups is 1. The van der Waals surface area contributed by atoms with Crippen molar-refractivity contribution in [2.24, 2.45) is 23.7 Å². The lowest BCUT2D eigenvalue weighted by atomic mass is 9.85. The molecule has 0 radical (unpaired) electrons. The molecular formula is C24H16Cl4N2O4. The zero-order chi connectivity index (χ0) is 24.3. The molecule has 0 spiro atoms. The highest BCUT2D eigenvalue weighted by molar-refractivity contribution is 6.42. The maximum atomic E-state index is 13.5. The van der Waals surface area contributed by atoms with Crippen molar-refractivity contribution in [3.8, 4) is 0 Å². The number of hydrogen-bond acceptors (Lipinski definition) is 4. The van der Waals surface area contributed by atoms with E-state index in [2.05, 4.69) is 0 Å². The maximum absolute atomic E-state index is 13.5. The number of carbonyl (C=O) groups excluding carboxylic acids is 4. The van der Waals surface area contributed by atoms with Crippen LogP contribution in [0, 0.1) is 23.7 Å². The molecule has 1 heterocycles. The number of rotatable bonds is 5. The molecule has 4 atom stereocenters. The first kappa shape index (κ1) is 23.4. The summed E-state index contributed by atoms with van der Waals surface area (Å²) in [5, 5.41) is 2.50. The van der Waals surface area contributed by atoms with Crippen LogP contribution in [-0.4, -0.2) is 40.1 Å². The predicted octanol–water partition coefficient (Wildman–Crippen LogP) is 5.35. The van der Waals surface area contributed by atoms with Gasteiger partial charge >= 0.3 is 0 Å². The number of carbonyl (C=O) groups is 4. The van der Waals surface area contributed by atoms with Crippen LogP contribution >= 0.6 is 46.4 Å². The minimum absolute atomic E-state index is 0.0558. The summed E-state index contributed by atoms with van der Waals surface area (Å²) in [6.07, 6.45) is 4.63. The van der Waals surface area contributed by atoms with E-state index in [1.165, 1.54) is 36.4 Å². The van der Waals surface area contributed by atoms with Gasteiger partial charge in [0.1, 0.15) is 6.54 Å². The fraction of sp³-hybridized carbons (Fsp3) is 0.250. The highest BCUT2D eigenvalue weighted by Gasteiger charge is 2.61. The van der Waals surface area contributed by atoms with Gasteiger partial charge in [0.05, 0.1) is 26.9 Å². The van der Waals surface area contributed by atoms with E-state index in [9.17, 15) is 19.2 Å². The summed E-state index contributed by atoms with van der Waals surface area (Å²) in [6, 6.07) is 8.50. The molecule has 1 saturated heterocycles. The number of benzene rings is 2. The number of fused-ring (bicyclic) bond motifs is 5. The first-order chi connectivity index (χ1) is 16.2. The third kappa shape index (κ3) is 3.73. The highest BCUT2D eigenvalue weighted by atomic mass is 35.5. The lowest BCUT2D eigenvalue weighted by molar-refractivity contribution is -0.154. The van der Waals surface area contributed by atoms with Gasteiger partial charge < -0.3 is 0 Å². The average molecular weight is 538 g/mol. The Morgan fingerprint density at radius 1 is 0.853 bits per heavy atom. The molecule has 0 unspecified atom stereocenters. The fourth-order valence-corrected chi connectivity index (χ4v) is 5.88. The van der Waals surface area contributed by atoms with E-state index >= 15 is 0 Å². The fourth-order valence-electron chi connectivity index (χ4n) is 5.07. The van der Waals surface area contributed by atoms with Crippen LogP contribution in [0.3, 0.4) is 0 Å². The number of halogens is 4. The van der Waals surface area contributed by atoms with Gasteiger partial charge in [0.25, 0.3) is 17.7 Å². The van der Waals surface area contributed by atoms with Crippen LogP contribution in [0.1, 0.15) is 27.1 Å². The Bertz CT molecular complexity index is 1260. The van der Waals surface area contributed by atoms with Crippen molar-refractivity contribution in [3.05, 3.63) is 79.8 Å². The largest absolute Gasteiger partial charge is 0.292 e. The topological polar surface area (TPSA) is 74.8 Å². The summed E-state index contributed by atoms with van der Waals surface area (Å²) in [5.74, 6) is -3.47. The molecule has 34 heavy (non-hydrogen) atoms. The van der Waals surface area contributed by atoms with E-state index in [0.717, 1.165) is 16.4 Å². The van der Waals surface area contributed by atoms with E-state index in [1.54, 1.807) is 0 Å². The standard InChI is InChI=1S/C24H16Cl4N2O4/c25-14-4-5-15(17(27)9-14)19(31)10-29(22(32)13-3-6-16(26)18(28)8-13)30-23(33)20-11-1-2-12(7-11)21(20)24(30)34/h1-6,8-9,11-12,20-21H,7,10H2/t11-,12-,20+,21+/m0/s1. The van der Waals surface area contributed by atoms with Gasteiger partial charge in [-0.3, -0.25) is 19.2 Å². The molecule has 2 bridgehead atoms. The molecule has 2 aromatic rings. The van der Waals surface area contributed by atoms with Crippen molar-refractivity contribution in [3.63, 3.8) is 0 Å². The molecule has 2 aliphatic carbocycles. The van der Waals surface area contributed by atoms with Crippen LogP contribution in [0.15, 0.2) is 48.6 Å². The van der Waals surface area contributed by atoms with Gasteiger partial charge in [-0.25, -0.2) is 5.01 Å². The third-order valence-corrected chi connectivity index (χ3v) is 7.90. The predicted molar refractivity (Wildman–Crippen MR) is 128 cm³/mol. The van der Waals surface area contributed by atoms with Crippen molar-refractivity contribution in [1.29, 1.82) is 0 Å². The number of allylic oxidation sites excluding steroid dienone is 2. The minimum atomic E-state index is -0.737. The smallest absolute Gasteiger partial charge is 0.273 e. The first-order valence-corrected chi connectivity index (χ1v) is 12.0. The Labute approximate surface area is 215 Å². The minimum Gasteiger partial charge on any atom is -0.292 e. The van der Waals surface area contributed by atoms with Crippen LogP contribution < -0.4 is 0 Å².